The van der Waals surface area contributed by atoms with Gasteiger partial charge in [0, 0.05) is 19.5 Å². The van der Waals surface area contributed by atoms with Gasteiger partial charge in [-0.25, -0.2) is 0 Å². The second-order valence-corrected chi connectivity index (χ2v) is 5.32. The lowest BCUT2D eigenvalue weighted by atomic mass is 9.97. The van der Waals surface area contributed by atoms with Crippen molar-refractivity contribution in [2.75, 3.05) is 33.2 Å². The summed E-state index contributed by atoms with van der Waals surface area (Å²) >= 11 is 0. The number of aliphatic carboxylic acids is 1. The predicted molar refractivity (Wildman–Crippen MR) is 72.9 cm³/mol. The van der Waals surface area contributed by atoms with Gasteiger partial charge in [-0.3, -0.25) is 19.3 Å². The van der Waals surface area contributed by atoms with Gasteiger partial charge in [-0.15, -0.1) is 0 Å². The molecule has 0 saturated carbocycles. The molecular weight excluding hydrogens is 262 g/mol. The number of likely N-dealkylation sites (tertiary alicyclic amines) is 1. The van der Waals surface area contributed by atoms with Gasteiger partial charge >= 0.3 is 5.97 Å². The zero-order valence-electron chi connectivity index (χ0n) is 11.9. The molecule has 1 saturated heterocycles. The fourth-order valence-corrected chi connectivity index (χ4v) is 2.35. The number of carboxylic acids is 1. The van der Waals surface area contributed by atoms with E-state index in [0.717, 1.165) is 12.8 Å². The fourth-order valence-electron chi connectivity index (χ4n) is 2.35. The van der Waals surface area contributed by atoms with Crippen molar-refractivity contribution in [2.45, 2.75) is 25.7 Å². The Labute approximate surface area is 118 Å². The zero-order valence-corrected chi connectivity index (χ0v) is 11.9. The minimum atomic E-state index is -0.829. The van der Waals surface area contributed by atoms with Crippen molar-refractivity contribution in [2.24, 2.45) is 11.7 Å². The van der Waals surface area contributed by atoms with Crippen molar-refractivity contribution in [3.8, 4) is 0 Å². The summed E-state index contributed by atoms with van der Waals surface area (Å²) in [5.41, 5.74) is 5.28. The molecule has 3 N–H and O–H groups in total. The molecule has 2 amide bonds. The van der Waals surface area contributed by atoms with Crippen LogP contribution in [0.3, 0.4) is 0 Å². The maximum atomic E-state index is 12.1. The summed E-state index contributed by atoms with van der Waals surface area (Å²) < 4.78 is 0. The number of likely N-dealkylation sites (N-methyl/N-ethyl adjacent to an activating group) is 1. The Bertz CT molecular complexity index is 373. The normalized spacial score (nSPS) is 19.1. The molecule has 1 aliphatic heterocycles. The fraction of sp³-hybridized carbons (Fsp3) is 0.769. The molecule has 0 bridgehead atoms. The third-order valence-corrected chi connectivity index (χ3v) is 3.51. The predicted octanol–water partition coefficient (Wildman–Crippen LogP) is -0.493. The van der Waals surface area contributed by atoms with Crippen molar-refractivity contribution in [1.82, 2.24) is 9.80 Å². The summed E-state index contributed by atoms with van der Waals surface area (Å²) in [5, 5.41) is 8.56. The number of primary amides is 1. The van der Waals surface area contributed by atoms with Crippen LogP contribution < -0.4 is 5.73 Å². The molecule has 7 heteroatoms. The first-order chi connectivity index (χ1) is 9.40. The molecule has 0 aromatic heterocycles. The molecule has 7 nitrogen and oxygen atoms in total. The summed E-state index contributed by atoms with van der Waals surface area (Å²) in [4.78, 5) is 37.1. The first kappa shape index (κ1) is 16.4. The minimum absolute atomic E-state index is 0.0335. The van der Waals surface area contributed by atoms with E-state index in [1.807, 2.05) is 0 Å². The van der Waals surface area contributed by atoms with Crippen LogP contribution in [-0.2, 0) is 14.4 Å². The first-order valence-electron chi connectivity index (χ1n) is 6.87. The molecule has 20 heavy (non-hydrogen) atoms. The maximum Gasteiger partial charge on any atom is 0.303 e. The third-order valence-electron chi connectivity index (χ3n) is 3.51. The Morgan fingerprint density at radius 1 is 1.40 bits per heavy atom. The van der Waals surface area contributed by atoms with Gasteiger partial charge in [-0.2, -0.15) is 0 Å². The molecule has 1 rings (SSSR count). The van der Waals surface area contributed by atoms with Gasteiger partial charge in [0.2, 0.25) is 11.8 Å². The number of rotatable bonds is 7. The van der Waals surface area contributed by atoms with Crippen LogP contribution in [0, 0.1) is 5.92 Å². The van der Waals surface area contributed by atoms with E-state index in [4.69, 9.17) is 10.8 Å². The van der Waals surface area contributed by atoms with E-state index in [9.17, 15) is 14.4 Å². The summed E-state index contributed by atoms with van der Waals surface area (Å²) in [6.07, 6.45) is 2.16. The maximum absolute atomic E-state index is 12.1. The second-order valence-electron chi connectivity index (χ2n) is 5.32. The molecule has 1 aliphatic rings. The Morgan fingerprint density at radius 3 is 2.70 bits per heavy atom. The summed E-state index contributed by atoms with van der Waals surface area (Å²) in [6, 6.07) is 0. The van der Waals surface area contributed by atoms with Crippen molar-refractivity contribution < 1.29 is 19.5 Å². The monoisotopic (exact) mass is 285 g/mol. The summed E-state index contributed by atoms with van der Waals surface area (Å²) in [5.74, 6) is -1.46. The molecule has 0 aliphatic carbocycles. The van der Waals surface area contributed by atoms with E-state index < -0.39 is 5.97 Å². The lowest BCUT2D eigenvalue weighted by Crippen LogP contribution is -2.47. The van der Waals surface area contributed by atoms with Crippen LogP contribution in [0.2, 0.25) is 0 Å². The van der Waals surface area contributed by atoms with Crippen molar-refractivity contribution >= 4 is 17.8 Å². The Hall–Kier alpha value is -1.63. The number of nitrogens with two attached hydrogens (primary N) is 1. The second kappa shape index (κ2) is 7.84. The number of amides is 2. The van der Waals surface area contributed by atoms with Crippen molar-refractivity contribution in [3.05, 3.63) is 0 Å². The molecule has 0 spiro atoms. The van der Waals surface area contributed by atoms with Gasteiger partial charge in [0.15, 0.2) is 0 Å². The average molecular weight is 285 g/mol. The molecule has 1 fully saturated rings. The third kappa shape index (κ3) is 5.56. The number of carboxylic acid groups (broad SMARTS) is 1. The smallest absolute Gasteiger partial charge is 0.303 e. The Balaban J connectivity index is 2.34. The van der Waals surface area contributed by atoms with Crippen LogP contribution in [0.25, 0.3) is 0 Å². The van der Waals surface area contributed by atoms with Gasteiger partial charge in [-0.1, -0.05) is 0 Å². The van der Waals surface area contributed by atoms with Crippen LogP contribution in [0.4, 0.5) is 0 Å². The number of nitrogens with zero attached hydrogens (tertiary/aromatic N) is 2. The Morgan fingerprint density at radius 2 is 2.10 bits per heavy atom. The highest BCUT2D eigenvalue weighted by Crippen LogP contribution is 2.16. The van der Waals surface area contributed by atoms with Crippen LogP contribution >= 0.6 is 0 Å². The van der Waals surface area contributed by atoms with Crippen LogP contribution in [0.15, 0.2) is 0 Å². The van der Waals surface area contributed by atoms with Gasteiger partial charge in [0.05, 0.1) is 12.5 Å². The lowest BCUT2D eigenvalue weighted by molar-refractivity contribution is -0.137. The highest BCUT2D eigenvalue weighted by molar-refractivity contribution is 5.81. The van der Waals surface area contributed by atoms with Gasteiger partial charge in [0.25, 0.3) is 0 Å². The SMILES string of the molecule is CN(CCCC(=O)O)CC(=O)N1CCCC(C(N)=O)C1. The standard InChI is InChI=1S/C13H23N3O4/c1-15(6-3-5-12(18)19)9-11(17)16-7-2-4-10(8-16)13(14)20/h10H,2-9H2,1H3,(H2,14,20)(H,18,19). The van der Waals surface area contributed by atoms with E-state index in [-0.39, 0.29) is 30.7 Å². The molecule has 114 valence electrons. The first-order valence-corrected chi connectivity index (χ1v) is 6.87. The average Bonchev–Trinajstić information content (AvgIpc) is 2.38. The number of hydrogen-bond donors (Lipinski definition) is 2. The quantitative estimate of drug-likeness (QED) is 0.656. The van der Waals surface area contributed by atoms with E-state index in [0.29, 0.717) is 26.1 Å². The number of carbonyl (C=O) groups excluding carboxylic acids is 2. The Kier molecular flexibility index (Phi) is 6.44. The number of carbonyl (C=O) groups is 3. The largest absolute Gasteiger partial charge is 0.481 e. The van der Waals surface area contributed by atoms with E-state index in [1.54, 1.807) is 16.8 Å². The number of hydrogen-bond acceptors (Lipinski definition) is 4. The number of piperidine rings is 1. The van der Waals surface area contributed by atoms with Crippen LogP contribution in [0.1, 0.15) is 25.7 Å². The minimum Gasteiger partial charge on any atom is -0.481 e. The van der Waals surface area contributed by atoms with E-state index in [2.05, 4.69) is 0 Å². The van der Waals surface area contributed by atoms with Crippen molar-refractivity contribution in [1.29, 1.82) is 0 Å². The molecular formula is C13H23N3O4. The zero-order chi connectivity index (χ0) is 15.1. The molecule has 1 heterocycles. The lowest BCUT2D eigenvalue weighted by Gasteiger charge is -2.32. The van der Waals surface area contributed by atoms with Crippen molar-refractivity contribution in [3.63, 3.8) is 0 Å². The van der Waals surface area contributed by atoms with Gasteiger partial charge in [-0.05, 0) is 32.9 Å². The van der Waals surface area contributed by atoms with Crippen LogP contribution in [0.5, 0.6) is 0 Å². The van der Waals surface area contributed by atoms with Gasteiger partial charge in [0.1, 0.15) is 0 Å². The van der Waals surface area contributed by atoms with E-state index in [1.165, 1.54) is 0 Å². The molecule has 0 radical (unpaired) electrons. The van der Waals surface area contributed by atoms with E-state index >= 15 is 0 Å². The van der Waals surface area contributed by atoms with Crippen LogP contribution in [-0.4, -0.2) is 65.9 Å². The molecule has 0 aromatic rings. The topological polar surface area (TPSA) is 104 Å². The highest BCUT2D eigenvalue weighted by atomic mass is 16.4. The molecule has 0 aromatic carbocycles. The summed E-state index contributed by atoms with van der Waals surface area (Å²) in [7, 11) is 1.79. The van der Waals surface area contributed by atoms with Gasteiger partial charge < -0.3 is 15.7 Å². The highest BCUT2D eigenvalue weighted by Gasteiger charge is 2.27. The molecule has 1 atom stereocenters. The summed E-state index contributed by atoms with van der Waals surface area (Å²) in [6.45, 7) is 1.86. The molecule has 1 unspecified atom stereocenters.